The second-order valence-electron chi connectivity index (χ2n) is 3.51. The number of hydrogen-bond acceptors (Lipinski definition) is 2. The molecule has 0 spiro atoms. The summed E-state index contributed by atoms with van der Waals surface area (Å²) in [5.74, 6) is 0. The molecule has 1 aliphatic rings. The van der Waals surface area contributed by atoms with E-state index in [0.717, 1.165) is 0 Å². The van der Waals surface area contributed by atoms with Gasteiger partial charge in [0.15, 0.2) is 0 Å². The summed E-state index contributed by atoms with van der Waals surface area (Å²) in [5.41, 5.74) is 6.00. The van der Waals surface area contributed by atoms with Gasteiger partial charge in [0.25, 0.3) is 0 Å². The SMILES string of the molecule is CCCC1NCCCCC1N. The van der Waals surface area contributed by atoms with Crippen LogP contribution in [0.1, 0.15) is 39.0 Å². The molecular formula is C9H20N2. The van der Waals surface area contributed by atoms with E-state index in [2.05, 4.69) is 12.2 Å². The fraction of sp³-hybridized carbons (Fsp3) is 1.00. The molecule has 2 unspecified atom stereocenters. The van der Waals surface area contributed by atoms with Gasteiger partial charge in [-0.2, -0.15) is 0 Å². The van der Waals surface area contributed by atoms with E-state index in [-0.39, 0.29) is 0 Å². The lowest BCUT2D eigenvalue weighted by Gasteiger charge is -2.21. The Bertz CT molecular complexity index is 104. The number of nitrogens with one attached hydrogen (secondary N) is 1. The molecule has 2 nitrogen and oxygen atoms in total. The molecule has 0 radical (unpaired) electrons. The standard InChI is InChI=1S/C9H20N2/c1-2-5-9-8(10)6-3-4-7-11-9/h8-9,11H,2-7,10H2,1H3. The maximum absolute atomic E-state index is 6.00. The quantitative estimate of drug-likeness (QED) is 0.631. The first-order chi connectivity index (χ1) is 5.34. The van der Waals surface area contributed by atoms with Crippen molar-refractivity contribution in [2.75, 3.05) is 6.54 Å². The predicted octanol–water partition coefficient (Wildman–Crippen LogP) is 1.26. The highest BCUT2D eigenvalue weighted by Crippen LogP contribution is 2.11. The molecule has 1 rings (SSSR count). The van der Waals surface area contributed by atoms with Gasteiger partial charge in [-0.15, -0.1) is 0 Å². The van der Waals surface area contributed by atoms with Crippen molar-refractivity contribution in [3.05, 3.63) is 0 Å². The van der Waals surface area contributed by atoms with Gasteiger partial charge in [0.05, 0.1) is 0 Å². The highest BCUT2D eigenvalue weighted by molar-refractivity contribution is 4.81. The molecule has 0 saturated carbocycles. The van der Waals surface area contributed by atoms with Crippen molar-refractivity contribution in [3.63, 3.8) is 0 Å². The van der Waals surface area contributed by atoms with E-state index in [1.54, 1.807) is 0 Å². The van der Waals surface area contributed by atoms with Crippen LogP contribution in [0.3, 0.4) is 0 Å². The van der Waals surface area contributed by atoms with Crippen molar-refractivity contribution in [1.82, 2.24) is 5.32 Å². The van der Waals surface area contributed by atoms with Gasteiger partial charge in [-0.25, -0.2) is 0 Å². The largest absolute Gasteiger partial charge is 0.326 e. The molecule has 2 heteroatoms. The van der Waals surface area contributed by atoms with E-state index in [9.17, 15) is 0 Å². The van der Waals surface area contributed by atoms with Crippen LogP contribution >= 0.6 is 0 Å². The first kappa shape index (κ1) is 9.01. The van der Waals surface area contributed by atoms with Gasteiger partial charge in [0.2, 0.25) is 0 Å². The Morgan fingerprint density at radius 3 is 3.00 bits per heavy atom. The van der Waals surface area contributed by atoms with Crippen molar-refractivity contribution < 1.29 is 0 Å². The third-order valence-corrected chi connectivity index (χ3v) is 2.49. The summed E-state index contributed by atoms with van der Waals surface area (Å²) < 4.78 is 0. The van der Waals surface area contributed by atoms with Gasteiger partial charge in [0, 0.05) is 12.1 Å². The van der Waals surface area contributed by atoms with Gasteiger partial charge < -0.3 is 11.1 Å². The smallest absolute Gasteiger partial charge is 0.0218 e. The first-order valence-corrected chi connectivity index (χ1v) is 4.83. The summed E-state index contributed by atoms with van der Waals surface area (Å²) >= 11 is 0. The lowest BCUT2D eigenvalue weighted by atomic mass is 10.0. The van der Waals surface area contributed by atoms with Crippen LogP contribution in [0.25, 0.3) is 0 Å². The third-order valence-electron chi connectivity index (χ3n) is 2.49. The van der Waals surface area contributed by atoms with E-state index in [1.807, 2.05) is 0 Å². The zero-order chi connectivity index (χ0) is 8.10. The van der Waals surface area contributed by atoms with Crippen molar-refractivity contribution >= 4 is 0 Å². The Hall–Kier alpha value is -0.0800. The molecule has 0 aromatic heterocycles. The van der Waals surface area contributed by atoms with E-state index in [1.165, 1.54) is 38.6 Å². The third kappa shape index (κ3) is 2.80. The van der Waals surface area contributed by atoms with Crippen molar-refractivity contribution in [2.45, 2.75) is 51.1 Å². The van der Waals surface area contributed by atoms with Gasteiger partial charge in [-0.3, -0.25) is 0 Å². The normalized spacial score (nSPS) is 33.3. The molecule has 1 saturated heterocycles. The Labute approximate surface area is 69.5 Å². The molecule has 1 heterocycles. The molecule has 11 heavy (non-hydrogen) atoms. The molecule has 2 atom stereocenters. The topological polar surface area (TPSA) is 38.0 Å². The summed E-state index contributed by atoms with van der Waals surface area (Å²) in [6.07, 6.45) is 6.28. The lowest BCUT2D eigenvalue weighted by Crippen LogP contribution is -2.43. The predicted molar refractivity (Wildman–Crippen MR) is 48.5 cm³/mol. The van der Waals surface area contributed by atoms with Crippen LogP contribution in [-0.2, 0) is 0 Å². The molecule has 0 aliphatic carbocycles. The maximum Gasteiger partial charge on any atom is 0.0218 e. The number of rotatable bonds is 2. The van der Waals surface area contributed by atoms with E-state index in [4.69, 9.17) is 5.73 Å². The van der Waals surface area contributed by atoms with Crippen LogP contribution in [0.15, 0.2) is 0 Å². The molecule has 1 aliphatic heterocycles. The summed E-state index contributed by atoms with van der Waals surface area (Å²) in [6.45, 7) is 3.39. The average Bonchev–Trinajstić information content (AvgIpc) is 2.18. The summed E-state index contributed by atoms with van der Waals surface area (Å²) in [4.78, 5) is 0. The molecule has 3 N–H and O–H groups in total. The molecule has 1 fully saturated rings. The monoisotopic (exact) mass is 156 g/mol. The fourth-order valence-corrected chi connectivity index (χ4v) is 1.77. The number of nitrogens with two attached hydrogens (primary N) is 1. The van der Waals surface area contributed by atoms with Gasteiger partial charge in [0.1, 0.15) is 0 Å². The summed E-state index contributed by atoms with van der Waals surface area (Å²) in [5, 5.41) is 3.51. The summed E-state index contributed by atoms with van der Waals surface area (Å²) in [6, 6.07) is 0.986. The maximum atomic E-state index is 6.00. The number of hydrogen-bond donors (Lipinski definition) is 2. The van der Waals surface area contributed by atoms with Gasteiger partial charge in [-0.05, 0) is 25.8 Å². The molecule has 0 amide bonds. The fourth-order valence-electron chi connectivity index (χ4n) is 1.77. The zero-order valence-corrected chi connectivity index (χ0v) is 7.47. The van der Waals surface area contributed by atoms with Crippen LogP contribution in [0.2, 0.25) is 0 Å². The molecule has 66 valence electrons. The molecule has 0 aromatic rings. The van der Waals surface area contributed by atoms with Crippen LogP contribution in [-0.4, -0.2) is 18.6 Å². The zero-order valence-electron chi connectivity index (χ0n) is 7.47. The average molecular weight is 156 g/mol. The van der Waals surface area contributed by atoms with E-state index < -0.39 is 0 Å². The van der Waals surface area contributed by atoms with Crippen LogP contribution in [0.5, 0.6) is 0 Å². The Kier molecular flexibility index (Phi) is 3.87. The molecule has 0 bridgehead atoms. The van der Waals surface area contributed by atoms with Crippen molar-refractivity contribution in [3.8, 4) is 0 Å². The lowest BCUT2D eigenvalue weighted by molar-refractivity contribution is 0.419. The van der Waals surface area contributed by atoms with Crippen LogP contribution in [0, 0.1) is 0 Å². The second-order valence-corrected chi connectivity index (χ2v) is 3.51. The first-order valence-electron chi connectivity index (χ1n) is 4.83. The van der Waals surface area contributed by atoms with E-state index >= 15 is 0 Å². The highest BCUT2D eigenvalue weighted by atomic mass is 15.0. The van der Waals surface area contributed by atoms with Crippen molar-refractivity contribution in [2.24, 2.45) is 5.73 Å². The Morgan fingerprint density at radius 1 is 1.45 bits per heavy atom. The van der Waals surface area contributed by atoms with Gasteiger partial charge >= 0.3 is 0 Å². The second kappa shape index (κ2) is 4.73. The minimum absolute atomic E-state index is 0.400. The summed E-state index contributed by atoms with van der Waals surface area (Å²) in [7, 11) is 0. The minimum atomic E-state index is 0.400. The highest BCUT2D eigenvalue weighted by Gasteiger charge is 2.17. The van der Waals surface area contributed by atoms with Gasteiger partial charge in [-0.1, -0.05) is 19.8 Å². The minimum Gasteiger partial charge on any atom is -0.326 e. The molecule has 0 aromatic carbocycles. The molecular weight excluding hydrogens is 136 g/mol. The van der Waals surface area contributed by atoms with Crippen LogP contribution < -0.4 is 11.1 Å². The van der Waals surface area contributed by atoms with Crippen molar-refractivity contribution in [1.29, 1.82) is 0 Å². The van der Waals surface area contributed by atoms with Crippen LogP contribution in [0.4, 0.5) is 0 Å². The Balaban J connectivity index is 2.32. The van der Waals surface area contributed by atoms with E-state index in [0.29, 0.717) is 12.1 Å². The Morgan fingerprint density at radius 2 is 2.27 bits per heavy atom.